The monoisotopic (exact) mass is 176 g/mol. The van der Waals surface area contributed by atoms with Crippen LogP contribution >= 0.6 is 0 Å². The molecule has 0 bridgehead atoms. The minimum atomic E-state index is -0.919. The van der Waals surface area contributed by atoms with Crippen molar-refractivity contribution in [2.45, 2.75) is 0 Å². The molecule has 7 nitrogen and oxygen atoms in total. The lowest BCUT2D eigenvalue weighted by atomic mass is 10.5. The van der Waals surface area contributed by atoms with E-state index in [0.717, 1.165) is 12.2 Å². The average molecular weight is 176 g/mol. The van der Waals surface area contributed by atoms with Crippen molar-refractivity contribution in [3.63, 3.8) is 0 Å². The standard InChI is InChI=1S/C5H4O7/c6-4-1-2-5(7)10-12-11-9-3-8-4/h1-2H,3H2/b2-1+. The van der Waals surface area contributed by atoms with Crippen LogP contribution in [0.4, 0.5) is 0 Å². The first-order chi connectivity index (χ1) is 5.79. The Bertz CT molecular complexity index is 186. The summed E-state index contributed by atoms with van der Waals surface area (Å²) in [6.07, 6.45) is 1.68. The molecular weight excluding hydrogens is 172 g/mol. The van der Waals surface area contributed by atoms with Gasteiger partial charge >= 0.3 is 11.9 Å². The molecule has 0 aromatic rings. The first-order valence-electron chi connectivity index (χ1n) is 2.80. The summed E-state index contributed by atoms with van der Waals surface area (Å²) in [5.41, 5.74) is 0. The van der Waals surface area contributed by atoms with E-state index in [4.69, 9.17) is 0 Å². The molecule has 1 heterocycles. The molecule has 0 fully saturated rings. The summed E-state index contributed by atoms with van der Waals surface area (Å²) in [5.74, 6) is -1.67. The average Bonchev–Trinajstić information content (AvgIpc) is 2.07. The Morgan fingerprint density at radius 1 is 1.08 bits per heavy atom. The number of ether oxygens (including phenoxy) is 1. The van der Waals surface area contributed by atoms with Gasteiger partial charge in [-0.25, -0.2) is 9.59 Å². The number of rotatable bonds is 0. The highest BCUT2D eigenvalue weighted by atomic mass is 17.7. The Labute approximate surface area is 66.2 Å². The van der Waals surface area contributed by atoms with Crippen LogP contribution < -0.4 is 0 Å². The molecule has 0 saturated heterocycles. The molecule has 0 aromatic heterocycles. The minimum absolute atomic E-state index is 0.458. The highest BCUT2D eigenvalue weighted by Gasteiger charge is 2.05. The Balaban J connectivity index is 2.49. The van der Waals surface area contributed by atoms with E-state index >= 15 is 0 Å². The molecule has 12 heavy (non-hydrogen) atoms. The topological polar surface area (TPSA) is 80.3 Å². The lowest BCUT2D eigenvalue weighted by molar-refractivity contribution is -0.624. The van der Waals surface area contributed by atoms with Crippen LogP contribution in [0.3, 0.4) is 0 Å². The molecule has 1 rings (SSSR count). The second-order valence-electron chi connectivity index (χ2n) is 1.57. The first kappa shape index (κ1) is 8.65. The van der Waals surface area contributed by atoms with Crippen molar-refractivity contribution in [3.05, 3.63) is 12.2 Å². The van der Waals surface area contributed by atoms with E-state index in [0.29, 0.717) is 0 Å². The van der Waals surface area contributed by atoms with Crippen LogP contribution in [0.25, 0.3) is 0 Å². The molecular formula is C5H4O7. The maximum atomic E-state index is 10.6. The van der Waals surface area contributed by atoms with Gasteiger partial charge < -0.3 is 4.74 Å². The van der Waals surface area contributed by atoms with E-state index in [-0.39, 0.29) is 0 Å². The summed E-state index contributed by atoms with van der Waals surface area (Å²) >= 11 is 0. The van der Waals surface area contributed by atoms with Crippen molar-refractivity contribution >= 4 is 11.9 Å². The molecule has 0 N–H and O–H groups in total. The first-order valence-corrected chi connectivity index (χ1v) is 2.80. The van der Waals surface area contributed by atoms with E-state index in [9.17, 15) is 9.59 Å². The number of carbonyl (C=O) groups excluding carboxylic acids is 2. The SMILES string of the molecule is O=C1/C=C/C(=O)OOOOCO1. The van der Waals surface area contributed by atoms with Crippen LogP contribution in [-0.4, -0.2) is 18.7 Å². The maximum Gasteiger partial charge on any atom is 0.369 e. The van der Waals surface area contributed by atoms with Gasteiger partial charge in [0.15, 0.2) is 0 Å². The van der Waals surface area contributed by atoms with Gasteiger partial charge in [0.25, 0.3) is 0 Å². The van der Waals surface area contributed by atoms with Crippen molar-refractivity contribution in [2.24, 2.45) is 0 Å². The fourth-order valence-corrected chi connectivity index (χ4v) is 0.381. The zero-order chi connectivity index (χ0) is 8.81. The fraction of sp³-hybridized carbons (Fsp3) is 0.200. The van der Waals surface area contributed by atoms with Gasteiger partial charge in [-0.05, 0) is 5.04 Å². The molecule has 0 aliphatic carbocycles. The van der Waals surface area contributed by atoms with E-state index in [1.807, 2.05) is 0 Å². The Morgan fingerprint density at radius 3 is 2.67 bits per heavy atom. The number of carbonyl (C=O) groups is 2. The van der Waals surface area contributed by atoms with Gasteiger partial charge in [-0.3, -0.25) is 4.89 Å². The summed E-state index contributed by atoms with van der Waals surface area (Å²) < 4.78 is 4.31. The fourth-order valence-electron chi connectivity index (χ4n) is 0.381. The number of esters is 1. The van der Waals surface area contributed by atoms with Crippen molar-refractivity contribution in [1.29, 1.82) is 0 Å². The molecule has 0 atom stereocenters. The summed E-state index contributed by atoms with van der Waals surface area (Å²) in [6.45, 7) is -0.458. The van der Waals surface area contributed by atoms with Crippen LogP contribution in [0.2, 0.25) is 0 Å². The Kier molecular flexibility index (Phi) is 3.20. The predicted molar refractivity (Wildman–Crippen MR) is 29.4 cm³/mol. The summed E-state index contributed by atoms with van der Waals surface area (Å²) in [5, 5.41) is 7.52. The quantitative estimate of drug-likeness (QED) is 0.360. The molecule has 1 aliphatic rings. The lowest BCUT2D eigenvalue weighted by Crippen LogP contribution is -2.11. The minimum Gasteiger partial charge on any atom is -0.432 e. The van der Waals surface area contributed by atoms with Crippen molar-refractivity contribution in [1.82, 2.24) is 0 Å². The molecule has 0 radical (unpaired) electrons. The number of hydrogen-bond donors (Lipinski definition) is 0. The molecule has 0 unspecified atom stereocenters. The largest absolute Gasteiger partial charge is 0.432 e. The third-order valence-corrected chi connectivity index (χ3v) is 0.797. The van der Waals surface area contributed by atoms with Gasteiger partial charge in [0.05, 0.1) is 0 Å². The smallest absolute Gasteiger partial charge is 0.369 e. The molecule has 1 aliphatic heterocycles. The van der Waals surface area contributed by atoms with Gasteiger partial charge in [0.2, 0.25) is 6.79 Å². The van der Waals surface area contributed by atoms with Gasteiger partial charge in [-0.15, -0.1) is 0 Å². The normalized spacial score (nSPS) is 22.3. The summed E-state index contributed by atoms with van der Waals surface area (Å²) in [7, 11) is 0. The van der Waals surface area contributed by atoms with Gasteiger partial charge in [0, 0.05) is 17.2 Å². The second kappa shape index (κ2) is 4.44. The van der Waals surface area contributed by atoms with Crippen LogP contribution in [0.1, 0.15) is 0 Å². The van der Waals surface area contributed by atoms with E-state index in [2.05, 4.69) is 24.6 Å². The number of cyclic esters (lactones) is 1. The summed E-state index contributed by atoms with van der Waals surface area (Å²) in [4.78, 5) is 29.0. The molecule has 7 heteroatoms. The number of hydrogen-bond acceptors (Lipinski definition) is 7. The molecule has 0 aromatic carbocycles. The van der Waals surface area contributed by atoms with Gasteiger partial charge in [-0.1, -0.05) is 0 Å². The lowest BCUT2D eigenvalue weighted by Gasteiger charge is -2.02. The van der Waals surface area contributed by atoms with Gasteiger partial charge in [0.1, 0.15) is 0 Å². The van der Waals surface area contributed by atoms with Crippen LogP contribution in [0.5, 0.6) is 0 Å². The van der Waals surface area contributed by atoms with Gasteiger partial charge in [-0.2, -0.15) is 4.89 Å². The predicted octanol–water partition coefficient (Wildman–Crippen LogP) is -0.605. The highest BCUT2D eigenvalue weighted by molar-refractivity contribution is 5.91. The van der Waals surface area contributed by atoms with Crippen LogP contribution in [0, 0.1) is 0 Å². The van der Waals surface area contributed by atoms with E-state index < -0.39 is 18.7 Å². The molecule has 0 amide bonds. The van der Waals surface area contributed by atoms with Crippen molar-refractivity contribution < 1.29 is 34.2 Å². The Morgan fingerprint density at radius 2 is 1.83 bits per heavy atom. The van der Waals surface area contributed by atoms with Crippen LogP contribution in [0.15, 0.2) is 12.2 Å². The molecule has 0 saturated carbocycles. The second-order valence-corrected chi connectivity index (χ2v) is 1.57. The summed E-state index contributed by atoms with van der Waals surface area (Å²) in [6, 6.07) is 0. The molecule has 66 valence electrons. The third kappa shape index (κ3) is 3.10. The maximum absolute atomic E-state index is 10.6. The third-order valence-electron chi connectivity index (χ3n) is 0.797. The van der Waals surface area contributed by atoms with Crippen LogP contribution in [-0.2, 0) is 34.2 Å². The zero-order valence-electron chi connectivity index (χ0n) is 5.72. The highest BCUT2D eigenvalue weighted by Crippen LogP contribution is 1.92. The van der Waals surface area contributed by atoms with E-state index in [1.165, 1.54) is 0 Å². The zero-order valence-corrected chi connectivity index (χ0v) is 5.72. The van der Waals surface area contributed by atoms with E-state index in [1.54, 1.807) is 0 Å². The van der Waals surface area contributed by atoms with Crippen molar-refractivity contribution in [2.75, 3.05) is 6.79 Å². The van der Waals surface area contributed by atoms with Crippen molar-refractivity contribution in [3.8, 4) is 0 Å². The molecule has 0 spiro atoms. The Hall–Kier alpha value is -1.44.